The van der Waals surface area contributed by atoms with Gasteiger partial charge < -0.3 is 15.8 Å². The van der Waals surface area contributed by atoms with Crippen molar-refractivity contribution in [2.75, 3.05) is 7.05 Å². The summed E-state index contributed by atoms with van der Waals surface area (Å²) < 4.78 is 5.91. The van der Waals surface area contributed by atoms with E-state index in [1.807, 2.05) is 30.3 Å². The molecule has 4 nitrogen and oxygen atoms in total. The van der Waals surface area contributed by atoms with E-state index in [9.17, 15) is 4.79 Å². The molecule has 18 heavy (non-hydrogen) atoms. The maximum atomic E-state index is 11.6. The lowest BCUT2D eigenvalue weighted by Gasteiger charge is -2.38. The third kappa shape index (κ3) is 2.64. The summed E-state index contributed by atoms with van der Waals surface area (Å²) in [6.45, 7) is 0. The molecule has 0 aromatic heterocycles. The van der Waals surface area contributed by atoms with Crippen LogP contribution in [0.15, 0.2) is 30.3 Å². The van der Waals surface area contributed by atoms with Crippen molar-refractivity contribution in [1.29, 1.82) is 0 Å². The number of nitrogens with one attached hydrogen (secondary N) is 1. The van der Waals surface area contributed by atoms with Gasteiger partial charge in [-0.1, -0.05) is 18.2 Å². The van der Waals surface area contributed by atoms with Crippen LogP contribution in [0.1, 0.15) is 25.7 Å². The van der Waals surface area contributed by atoms with Gasteiger partial charge in [-0.15, -0.1) is 0 Å². The lowest BCUT2D eigenvalue weighted by atomic mass is 9.79. The van der Waals surface area contributed by atoms with E-state index in [4.69, 9.17) is 10.5 Å². The molecule has 1 aliphatic rings. The highest BCUT2D eigenvalue weighted by molar-refractivity contribution is 5.84. The number of carbonyl (C=O) groups excluding carboxylic acids is 1. The Morgan fingerprint density at radius 2 is 2.17 bits per heavy atom. The first-order chi connectivity index (χ1) is 8.66. The number of hydrogen-bond acceptors (Lipinski definition) is 3. The summed E-state index contributed by atoms with van der Waals surface area (Å²) in [6, 6.07) is 9.70. The Morgan fingerprint density at radius 1 is 1.44 bits per heavy atom. The van der Waals surface area contributed by atoms with Crippen LogP contribution in [-0.4, -0.2) is 24.6 Å². The fourth-order valence-electron chi connectivity index (χ4n) is 2.59. The first-order valence-electron chi connectivity index (χ1n) is 6.37. The maximum absolute atomic E-state index is 11.6. The Labute approximate surface area is 108 Å². The highest BCUT2D eigenvalue weighted by atomic mass is 16.5. The number of carbonyl (C=O) groups is 1. The second-order valence-electron chi connectivity index (χ2n) is 4.85. The molecule has 2 rings (SSSR count). The van der Waals surface area contributed by atoms with Gasteiger partial charge in [-0.05, 0) is 38.4 Å². The average molecular weight is 248 g/mol. The topological polar surface area (TPSA) is 64.3 Å². The van der Waals surface area contributed by atoms with E-state index in [2.05, 4.69) is 5.32 Å². The number of para-hydroxylation sites is 1. The third-order valence-corrected chi connectivity index (χ3v) is 3.70. The molecule has 0 radical (unpaired) electrons. The van der Waals surface area contributed by atoms with E-state index < -0.39 is 5.54 Å². The highest BCUT2D eigenvalue weighted by Gasteiger charge is 2.40. The molecule has 2 unspecified atom stereocenters. The molecule has 1 aromatic carbocycles. The van der Waals surface area contributed by atoms with E-state index in [0.29, 0.717) is 6.42 Å². The van der Waals surface area contributed by atoms with E-state index in [-0.39, 0.29) is 12.0 Å². The molecular formula is C14H20N2O2. The van der Waals surface area contributed by atoms with E-state index in [1.54, 1.807) is 7.05 Å². The first-order valence-corrected chi connectivity index (χ1v) is 6.37. The number of amides is 1. The maximum Gasteiger partial charge on any atom is 0.237 e. The van der Waals surface area contributed by atoms with Crippen LogP contribution in [0.3, 0.4) is 0 Å². The largest absolute Gasteiger partial charge is 0.490 e. The molecule has 2 atom stereocenters. The molecule has 1 aromatic rings. The molecule has 0 spiro atoms. The van der Waals surface area contributed by atoms with Crippen molar-refractivity contribution in [2.24, 2.45) is 5.73 Å². The van der Waals surface area contributed by atoms with Gasteiger partial charge in [0.25, 0.3) is 0 Å². The Kier molecular flexibility index (Phi) is 3.87. The predicted octanol–water partition coefficient (Wildman–Crippen LogP) is 1.45. The summed E-state index contributed by atoms with van der Waals surface area (Å²) in [4.78, 5) is 11.6. The number of ether oxygens (including phenoxy) is 1. The van der Waals surface area contributed by atoms with Crippen LogP contribution in [0.5, 0.6) is 5.75 Å². The van der Waals surface area contributed by atoms with Gasteiger partial charge in [0, 0.05) is 6.42 Å². The number of benzene rings is 1. The zero-order valence-corrected chi connectivity index (χ0v) is 10.7. The predicted molar refractivity (Wildman–Crippen MR) is 70.3 cm³/mol. The first kappa shape index (κ1) is 12.9. The highest BCUT2D eigenvalue weighted by Crippen LogP contribution is 2.30. The molecule has 98 valence electrons. The molecule has 1 aliphatic carbocycles. The van der Waals surface area contributed by atoms with Crippen LogP contribution in [0.25, 0.3) is 0 Å². The minimum absolute atomic E-state index is 0.0427. The molecule has 1 saturated carbocycles. The minimum Gasteiger partial charge on any atom is -0.490 e. The molecule has 0 saturated heterocycles. The molecule has 1 fully saturated rings. The summed E-state index contributed by atoms with van der Waals surface area (Å²) in [5, 5.41) is 3.08. The number of nitrogens with two attached hydrogens (primary N) is 1. The number of likely N-dealkylation sites (N-methyl/N-ethyl adjacent to an activating group) is 1. The van der Waals surface area contributed by atoms with Crippen molar-refractivity contribution in [3.8, 4) is 5.75 Å². The molecular weight excluding hydrogens is 228 g/mol. The van der Waals surface area contributed by atoms with Gasteiger partial charge in [-0.2, -0.15) is 0 Å². The van der Waals surface area contributed by atoms with Gasteiger partial charge in [0.1, 0.15) is 17.4 Å². The van der Waals surface area contributed by atoms with Crippen LogP contribution >= 0.6 is 0 Å². The summed E-state index contributed by atoms with van der Waals surface area (Å²) in [6.07, 6.45) is 3.37. The Hall–Kier alpha value is -1.55. The van der Waals surface area contributed by atoms with Crippen LogP contribution < -0.4 is 15.8 Å². The van der Waals surface area contributed by atoms with Crippen LogP contribution in [0, 0.1) is 0 Å². The van der Waals surface area contributed by atoms with Crippen molar-refractivity contribution in [3.63, 3.8) is 0 Å². The van der Waals surface area contributed by atoms with Gasteiger partial charge in [0.2, 0.25) is 5.91 Å². The minimum atomic E-state index is -0.613. The van der Waals surface area contributed by atoms with E-state index >= 15 is 0 Å². The van der Waals surface area contributed by atoms with Crippen molar-refractivity contribution >= 4 is 5.91 Å². The molecule has 0 bridgehead atoms. The van der Waals surface area contributed by atoms with Crippen molar-refractivity contribution < 1.29 is 9.53 Å². The van der Waals surface area contributed by atoms with Crippen molar-refractivity contribution in [3.05, 3.63) is 30.3 Å². The van der Waals surface area contributed by atoms with Crippen molar-refractivity contribution in [1.82, 2.24) is 5.32 Å². The van der Waals surface area contributed by atoms with Gasteiger partial charge in [-0.25, -0.2) is 0 Å². The Morgan fingerprint density at radius 3 is 2.78 bits per heavy atom. The number of primary amides is 1. The zero-order chi connectivity index (χ0) is 13.0. The van der Waals surface area contributed by atoms with Crippen LogP contribution in [-0.2, 0) is 4.79 Å². The lowest BCUT2D eigenvalue weighted by Crippen LogP contribution is -2.58. The third-order valence-electron chi connectivity index (χ3n) is 3.70. The quantitative estimate of drug-likeness (QED) is 0.847. The smallest absolute Gasteiger partial charge is 0.237 e. The van der Waals surface area contributed by atoms with Gasteiger partial charge in [0.15, 0.2) is 0 Å². The van der Waals surface area contributed by atoms with Gasteiger partial charge in [0.05, 0.1) is 0 Å². The fraction of sp³-hybridized carbons (Fsp3) is 0.500. The molecule has 0 aliphatic heterocycles. The second-order valence-corrected chi connectivity index (χ2v) is 4.85. The molecule has 3 N–H and O–H groups in total. The number of rotatable bonds is 4. The van der Waals surface area contributed by atoms with Crippen molar-refractivity contribution in [2.45, 2.75) is 37.3 Å². The van der Waals surface area contributed by atoms with E-state index in [0.717, 1.165) is 25.0 Å². The standard InChI is InChI=1S/C14H20N2O2/c1-16-14(13(15)17)9-5-8-12(10-14)18-11-6-3-2-4-7-11/h2-4,6-7,12,16H,5,8-10H2,1H3,(H2,15,17). The summed E-state index contributed by atoms with van der Waals surface area (Å²) in [7, 11) is 1.79. The SMILES string of the molecule is CNC1(C(N)=O)CCCC(Oc2ccccc2)C1. The molecule has 1 amide bonds. The van der Waals surface area contributed by atoms with Gasteiger partial charge >= 0.3 is 0 Å². The van der Waals surface area contributed by atoms with E-state index in [1.165, 1.54) is 0 Å². The summed E-state index contributed by atoms with van der Waals surface area (Å²) in [5.41, 5.74) is 4.90. The summed E-state index contributed by atoms with van der Waals surface area (Å²) in [5.74, 6) is 0.560. The average Bonchev–Trinajstić information content (AvgIpc) is 2.40. The normalized spacial score (nSPS) is 27.7. The summed E-state index contributed by atoms with van der Waals surface area (Å²) >= 11 is 0. The Balaban J connectivity index is 2.05. The molecule has 0 heterocycles. The van der Waals surface area contributed by atoms with Crippen LogP contribution in [0.4, 0.5) is 0 Å². The Bertz CT molecular complexity index is 408. The second kappa shape index (κ2) is 5.40. The lowest BCUT2D eigenvalue weighted by molar-refractivity contribution is -0.126. The monoisotopic (exact) mass is 248 g/mol. The van der Waals surface area contributed by atoms with Gasteiger partial charge in [-0.3, -0.25) is 4.79 Å². The molecule has 4 heteroatoms. The van der Waals surface area contributed by atoms with Crippen LogP contribution in [0.2, 0.25) is 0 Å². The fourth-order valence-corrected chi connectivity index (χ4v) is 2.59. The zero-order valence-electron chi connectivity index (χ0n) is 10.7. The number of hydrogen-bond donors (Lipinski definition) is 2.